The number of nitrogens with zero attached hydrogens (tertiary/aromatic N) is 4. The first-order chi connectivity index (χ1) is 14.4. The van der Waals surface area contributed by atoms with Crippen LogP contribution in [0.4, 0.5) is 5.95 Å². The van der Waals surface area contributed by atoms with Crippen molar-refractivity contribution in [2.75, 3.05) is 25.6 Å². The number of halogens is 1. The maximum atomic E-state index is 13.0. The second-order valence-corrected chi connectivity index (χ2v) is 7.78. The number of benzene rings is 1. The van der Waals surface area contributed by atoms with E-state index in [2.05, 4.69) is 10.3 Å². The summed E-state index contributed by atoms with van der Waals surface area (Å²) in [7, 11) is 4.64. The number of hydrogen-bond donors (Lipinski definition) is 1. The molecule has 0 saturated carbocycles. The summed E-state index contributed by atoms with van der Waals surface area (Å²) in [5, 5.41) is 3.84. The first kappa shape index (κ1) is 20.5. The minimum absolute atomic E-state index is 0.0883. The Hall–Kier alpha value is -2.78. The number of aromatic nitrogens is 4. The van der Waals surface area contributed by atoms with Crippen LogP contribution in [0.15, 0.2) is 27.8 Å². The van der Waals surface area contributed by atoms with Gasteiger partial charge in [0.2, 0.25) is 5.95 Å². The van der Waals surface area contributed by atoms with E-state index in [1.807, 2.05) is 6.07 Å². The molecule has 30 heavy (non-hydrogen) atoms. The molecule has 0 bridgehead atoms. The summed E-state index contributed by atoms with van der Waals surface area (Å²) < 4.78 is 15.2. The average Bonchev–Trinajstić information content (AvgIpc) is 3.39. The molecule has 3 heterocycles. The number of methoxy groups -OCH3 is 1. The number of fused-ring (bicyclic) bond motifs is 1. The van der Waals surface area contributed by atoms with Crippen molar-refractivity contribution in [1.82, 2.24) is 18.7 Å². The fraction of sp³-hybridized carbons (Fsp3) is 0.450. The maximum absolute atomic E-state index is 13.0. The Labute approximate surface area is 177 Å². The number of anilines is 1. The molecule has 1 atom stereocenters. The van der Waals surface area contributed by atoms with Crippen LogP contribution in [0.3, 0.4) is 0 Å². The van der Waals surface area contributed by atoms with Crippen LogP contribution in [0.5, 0.6) is 5.75 Å². The van der Waals surface area contributed by atoms with E-state index in [-0.39, 0.29) is 12.6 Å². The zero-order valence-electron chi connectivity index (χ0n) is 17.1. The number of rotatable bonds is 6. The average molecular weight is 434 g/mol. The molecule has 4 rings (SSSR count). The van der Waals surface area contributed by atoms with Crippen LogP contribution in [-0.2, 0) is 25.4 Å². The minimum Gasteiger partial charge on any atom is -0.497 e. The molecule has 0 spiro atoms. The number of aryl methyl sites for hydroxylation is 1. The molecule has 1 aliphatic heterocycles. The van der Waals surface area contributed by atoms with Gasteiger partial charge in [0, 0.05) is 32.3 Å². The van der Waals surface area contributed by atoms with E-state index in [0.29, 0.717) is 34.4 Å². The summed E-state index contributed by atoms with van der Waals surface area (Å²) in [4.78, 5) is 29.9. The van der Waals surface area contributed by atoms with Gasteiger partial charge in [0.1, 0.15) is 5.75 Å². The van der Waals surface area contributed by atoms with E-state index in [9.17, 15) is 9.59 Å². The van der Waals surface area contributed by atoms with Crippen LogP contribution < -0.4 is 21.3 Å². The van der Waals surface area contributed by atoms with Crippen LogP contribution in [0.1, 0.15) is 18.4 Å². The summed E-state index contributed by atoms with van der Waals surface area (Å²) in [5.41, 5.74) is 0.573. The molecule has 0 unspecified atom stereocenters. The number of hydrogen-bond acceptors (Lipinski definition) is 6. The Morgan fingerprint density at radius 1 is 1.30 bits per heavy atom. The van der Waals surface area contributed by atoms with Crippen LogP contribution in [0, 0.1) is 0 Å². The Morgan fingerprint density at radius 3 is 2.80 bits per heavy atom. The van der Waals surface area contributed by atoms with Gasteiger partial charge in [-0.25, -0.2) is 4.79 Å². The molecule has 3 aromatic rings. The second-order valence-electron chi connectivity index (χ2n) is 7.37. The smallest absolute Gasteiger partial charge is 0.332 e. The number of imidazole rings is 1. The van der Waals surface area contributed by atoms with Gasteiger partial charge in [-0.05, 0) is 36.6 Å². The van der Waals surface area contributed by atoms with Crippen molar-refractivity contribution in [3.05, 3.63) is 49.6 Å². The predicted molar refractivity (Wildman–Crippen MR) is 115 cm³/mol. The zero-order valence-corrected chi connectivity index (χ0v) is 17.9. The second kappa shape index (κ2) is 8.16. The first-order valence-electron chi connectivity index (χ1n) is 9.75. The summed E-state index contributed by atoms with van der Waals surface area (Å²) >= 11 is 6.41. The Kier molecular flexibility index (Phi) is 5.57. The first-order valence-corrected chi connectivity index (χ1v) is 10.1. The third-order valence-electron chi connectivity index (χ3n) is 5.44. The fourth-order valence-corrected chi connectivity index (χ4v) is 3.89. The fourth-order valence-electron chi connectivity index (χ4n) is 3.72. The van der Waals surface area contributed by atoms with Crippen molar-refractivity contribution in [1.29, 1.82) is 0 Å². The third-order valence-corrected chi connectivity index (χ3v) is 5.81. The van der Waals surface area contributed by atoms with Gasteiger partial charge < -0.3 is 14.8 Å². The molecule has 0 aliphatic carbocycles. The van der Waals surface area contributed by atoms with E-state index in [0.717, 1.165) is 29.6 Å². The van der Waals surface area contributed by atoms with Gasteiger partial charge in [-0.2, -0.15) is 4.98 Å². The standard InChI is InChI=1S/C20H24ClN5O4/c1-24-17-16(18(27)25(2)20(24)28)26(11-12-9-13(29-3)6-7-15(12)21)19(23-17)22-10-14-5-4-8-30-14/h6-7,9,14H,4-5,8,10-11H2,1-3H3,(H,22,23)/t14-/m0/s1. The highest BCUT2D eigenvalue weighted by Gasteiger charge is 2.22. The topological polar surface area (TPSA) is 92.3 Å². The minimum atomic E-state index is -0.428. The quantitative estimate of drug-likeness (QED) is 0.636. The van der Waals surface area contributed by atoms with Crippen LogP contribution >= 0.6 is 11.6 Å². The Morgan fingerprint density at radius 2 is 2.10 bits per heavy atom. The van der Waals surface area contributed by atoms with Gasteiger partial charge in [0.25, 0.3) is 5.56 Å². The summed E-state index contributed by atoms with van der Waals surface area (Å²) in [6.07, 6.45) is 2.08. The molecule has 160 valence electrons. The van der Waals surface area contributed by atoms with Crippen LogP contribution in [0.25, 0.3) is 11.2 Å². The lowest BCUT2D eigenvalue weighted by Crippen LogP contribution is -2.37. The SMILES string of the molecule is COc1ccc(Cl)c(Cn2c(NC[C@@H]3CCCO3)nc3c2c(=O)n(C)c(=O)n3C)c1. The lowest BCUT2D eigenvalue weighted by Gasteiger charge is -2.15. The molecule has 10 heteroatoms. The molecular formula is C20H24ClN5O4. The highest BCUT2D eigenvalue weighted by Crippen LogP contribution is 2.26. The molecule has 1 N–H and O–H groups in total. The monoisotopic (exact) mass is 433 g/mol. The highest BCUT2D eigenvalue weighted by molar-refractivity contribution is 6.31. The van der Waals surface area contributed by atoms with Crippen LogP contribution in [-0.4, -0.2) is 45.1 Å². The van der Waals surface area contributed by atoms with Gasteiger partial charge in [0.15, 0.2) is 11.2 Å². The molecule has 1 saturated heterocycles. The predicted octanol–water partition coefficient (Wildman–Crippen LogP) is 1.73. The van der Waals surface area contributed by atoms with Crippen molar-refractivity contribution >= 4 is 28.7 Å². The van der Waals surface area contributed by atoms with Crippen molar-refractivity contribution in [2.45, 2.75) is 25.5 Å². The molecule has 1 fully saturated rings. The molecule has 0 amide bonds. The summed E-state index contributed by atoms with van der Waals surface area (Å²) in [5.74, 6) is 1.14. The lowest BCUT2D eigenvalue weighted by atomic mass is 10.2. The number of ether oxygens (including phenoxy) is 2. The van der Waals surface area contributed by atoms with E-state index >= 15 is 0 Å². The summed E-state index contributed by atoms with van der Waals surface area (Å²) in [6.45, 7) is 1.59. The molecule has 2 aromatic heterocycles. The summed E-state index contributed by atoms with van der Waals surface area (Å²) in [6, 6.07) is 5.35. The van der Waals surface area contributed by atoms with Gasteiger partial charge >= 0.3 is 5.69 Å². The van der Waals surface area contributed by atoms with E-state index < -0.39 is 11.2 Å². The largest absolute Gasteiger partial charge is 0.497 e. The highest BCUT2D eigenvalue weighted by atomic mass is 35.5. The van der Waals surface area contributed by atoms with Crippen molar-refractivity contribution in [3.63, 3.8) is 0 Å². The van der Waals surface area contributed by atoms with Gasteiger partial charge in [0.05, 0.1) is 19.8 Å². The van der Waals surface area contributed by atoms with E-state index in [1.165, 1.54) is 11.6 Å². The van der Waals surface area contributed by atoms with Gasteiger partial charge in [-0.15, -0.1) is 0 Å². The maximum Gasteiger partial charge on any atom is 0.332 e. The van der Waals surface area contributed by atoms with Crippen LogP contribution in [0.2, 0.25) is 5.02 Å². The number of nitrogens with one attached hydrogen (secondary N) is 1. The molecule has 1 aliphatic rings. The molecule has 0 radical (unpaired) electrons. The van der Waals surface area contributed by atoms with Crippen molar-refractivity contribution < 1.29 is 9.47 Å². The van der Waals surface area contributed by atoms with Crippen molar-refractivity contribution in [2.24, 2.45) is 14.1 Å². The van der Waals surface area contributed by atoms with E-state index in [1.54, 1.807) is 30.9 Å². The third kappa shape index (κ3) is 3.59. The zero-order chi connectivity index (χ0) is 21.4. The Balaban J connectivity index is 1.85. The van der Waals surface area contributed by atoms with Gasteiger partial charge in [-0.1, -0.05) is 11.6 Å². The van der Waals surface area contributed by atoms with Crippen molar-refractivity contribution in [3.8, 4) is 5.75 Å². The normalized spacial score (nSPS) is 16.3. The molecule has 1 aromatic carbocycles. The van der Waals surface area contributed by atoms with E-state index in [4.69, 9.17) is 21.1 Å². The Bertz CT molecular complexity index is 1210. The molecule has 9 nitrogen and oxygen atoms in total. The molecular weight excluding hydrogens is 410 g/mol. The lowest BCUT2D eigenvalue weighted by molar-refractivity contribution is 0.120. The van der Waals surface area contributed by atoms with Gasteiger partial charge in [-0.3, -0.25) is 18.5 Å².